The summed E-state index contributed by atoms with van der Waals surface area (Å²) in [7, 11) is 0. The van der Waals surface area contributed by atoms with Crippen molar-refractivity contribution in [2.45, 2.75) is 34.1 Å². The number of phenolic OH excluding ortho intramolecular Hbond substituents is 4. The van der Waals surface area contributed by atoms with Crippen molar-refractivity contribution in [2.24, 2.45) is 11.8 Å². The number of rotatable bonds is 5. The Hall–Kier alpha value is 2.06. The van der Waals surface area contributed by atoms with E-state index < -0.39 is 0 Å². The summed E-state index contributed by atoms with van der Waals surface area (Å²) in [6.45, 7) is 4.27. The Bertz CT molecular complexity index is 611. The molecule has 0 saturated heterocycles. The SMILES string of the molecule is C.C[C@H](Cc1ccc(O)c(O)c1)[C@@H](C)Cc1ccc(O)c(O)c1.[Y].[Y].[Y].[Y]. The van der Waals surface area contributed by atoms with Gasteiger partial charge >= 0.3 is 0 Å². The molecule has 0 unspecified atom stereocenters. The van der Waals surface area contributed by atoms with Crippen LogP contribution in [-0.2, 0) is 144 Å². The number of hydrogen-bond acceptors (Lipinski definition) is 4. The number of phenols is 4. The van der Waals surface area contributed by atoms with Crippen LogP contribution in [0.2, 0.25) is 0 Å². The van der Waals surface area contributed by atoms with Gasteiger partial charge in [0.05, 0.1) is 0 Å². The van der Waals surface area contributed by atoms with Gasteiger partial charge < -0.3 is 20.4 Å². The third-order valence-electron chi connectivity index (χ3n) is 4.17. The van der Waals surface area contributed by atoms with Crippen LogP contribution >= 0.6 is 0 Å². The van der Waals surface area contributed by atoms with Crippen LogP contribution in [0.3, 0.4) is 0 Å². The Kier molecular flexibility index (Phi) is 23.9. The summed E-state index contributed by atoms with van der Waals surface area (Å²) in [5, 5.41) is 37.8. The Morgan fingerprint density at radius 1 is 0.593 bits per heavy atom. The number of benzene rings is 2. The molecular weight excluding hydrogens is 648 g/mol. The Morgan fingerprint density at radius 3 is 1.15 bits per heavy atom. The minimum Gasteiger partial charge on any atom is -0.504 e. The summed E-state index contributed by atoms with van der Waals surface area (Å²) in [4.78, 5) is 0. The fourth-order valence-electron chi connectivity index (χ4n) is 2.54. The summed E-state index contributed by atoms with van der Waals surface area (Å²) >= 11 is 0. The summed E-state index contributed by atoms with van der Waals surface area (Å²) in [5.41, 5.74) is 1.95. The molecule has 4 radical (unpaired) electrons. The zero-order valence-corrected chi connectivity index (χ0v) is 26.5. The van der Waals surface area contributed by atoms with Crippen molar-refractivity contribution in [1.29, 1.82) is 0 Å². The zero-order valence-electron chi connectivity index (χ0n) is 15.1. The molecule has 0 aliphatic carbocycles. The van der Waals surface area contributed by atoms with Crippen molar-refractivity contribution in [2.75, 3.05) is 0 Å². The molecule has 0 amide bonds. The predicted octanol–water partition coefficient (Wildman–Crippen LogP) is 4.19. The maximum Gasteiger partial charge on any atom is 0.157 e. The number of aromatic hydroxyl groups is 4. The van der Waals surface area contributed by atoms with E-state index in [2.05, 4.69) is 13.8 Å². The van der Waals surface area contributed by atoms with E-state index in [1.165, 1.54) is 12.1 Å². The molecule has 0 aliphatic heterocycles. The maximum absolute atomic E-state index is 9.54. The van der Waals surface area contributed by atoms with E-state index in [1.54, 1.807) is 12.1 Å². The van der Waals surface area contributed by atoms with E-state index in [0.717, 1.165) is 24.0 Å². The molecular formula is C19H26O4Y4. The van der Waals surface area contributed by atoms with Gasteiger partial charge in [-0.25, -0.2) is 0 Å². The van der Waals surface area contributed by atoms with Crippen molar-refractivity contribution in [1.82, 2.24) is 0 Å². The normalized spacial score (nSPS) is 11.2. The molecule has 0 saturated carbocycles. The van der Waals surface area contributed by atoms with Crippen molar-refractivity contribution >= 4 is 0 Å². The summed E-state index contributed by atoms with van der Waals surface area (Å²) in [6.07, 6.45) is 1.58. The van der Waals surface area contributed by atoms with Gasteiger partial charge in [0.2, 0.25) is 0 Å². The van der Waals surface area contributed by atoms with Crippen LogP contribution in [-0.4, -0.2) is 20.4 Å². The first-order chi connectivity index (χ1) is 10.4. The van der Waals surface area contributed by atoms with Crippen LogP contribution in [0.15, 0.2) is 36.4 Å². The topological polar surface area (TPSA) is 80.9 Å². The van der Waals surface area contributed by atoms with Gasteiger partial charge in [0.25, 0.3) is 0 Å². The van der Waals surface area contributed by atoms with Crippen LogP contribution < -0.4 is 0 Å². The smallest absolute Gasteiger partial charge is 0.157 e. The standard InChI is InChI=1S/C18H22O4.CH4.4Y/c1-11(7-13-3-5-15(19)17(21)9-13)12(2)8-14-4-6-16(20)18(22)10-14;;;;;/h3-6,9-12,19-22H,7-8H2,1-2H3;1H4;;;;/t11-,12+;;;;;. The molecule has 0 aromatic heterocycles. The molecule has 2 aromatic carbocycles. The molecule has 4 N–H and O–H groups in total. The van der Waals surface area contributed by atoms with E-state index in [9.17, 15) is 20.4 Å². The molecule has 27 heavy (non-hydrogen) atoms. The molecule has 2 rings (SSSR count). The average molecular weight is 674 g/mol. The first kappa shape index (κ1) is 36.4. The molecule has 0 spiro atoms. The monoisotopic (exact) mass is 674 g/mol. The molecule has 138 valence electrons. The van der Waals surface area contributed by atoms with Crippen LogP contribution in [0, 0.1) is 11.8 Å². The van der Waals surface area contributed by atoms with Gasteiger partial charge in [0.15, 0.2) is 23.0 Å². The van der Waals surface area contributed by atoms with Crippen LogP contribution in [0.5, 0.6) is 23.0 Å². The van der Waals surface area contributed by atoms with Gasteiger partial charge in [-0.1, -0.05) is 33.4 Å². The average Bonchev–Trinajstić information content (AvgIpc) is 2.46. The third-order valence-corrected chi connectivity index (χ3v) is 4.17. The van der Waals surface area contributed by atoms with Crippen LogP contribution in [0.4, 0.5) is 0 Å². The van der Waals surface area contributed by atoms with Crippen molar-refractivity contribution in [3.05, 3.63) is 47.5 Å². The van der Waals surface area contributed by atoms with Gasteiger partial charge in [0, 0.05) is 131 Å². The molecule has 8 heteroatoms. The van der Waals surface area contributed by atoms with E-state index in [1.807, 2.05) is 12.1 Å². The van der Waals surface area contributed by atoms with Gasteiger partial charge in [0.1, 0.15) is 0 Å². The first-order valence-corrected chi connectivity index (χ1v) is 7.38. The quantitative estimate of drug-likeness (QED) is 0.359. The maximum atomic E-state index is 9.54. The van der Waals surface area contributed by atoms with E-state index in [-0.39, 0.29) is 161 Å². The molecule has 0 aliphatic rings. The molecule has 4 nitrogen and oxygen atoms in total. The second-order valence-electron chi connectivity index (χ2n) is 6.01. The van der Waals surface area contributed by atoms with Crippen LogP contribution in [0.1, 0.15) is 32.4 Å². The predicted molar refractivity (Wildman–Crippen MR) is 92.0 cm³/mol. The fourth-order valence-corrected chi connectivity index (χ4v) is 2.54. The van der Waals surface area contributed by atoms with Crippen LogP contribution in [0.25, 0.3) is 0 Å². The fraction of sp³-hybridized carbons (Fsp3) is 0.368. The van der Waals surface area contributed by atoms with Gasteiger partial charge in [-0.15, -0.1) is 0 Å². The van der Waals surface area contributed by atoms with E-state index >= 15 is 0 Å². The van der Waals surface area contributed by atoms with Crippen molar-refractivity contribution in [3.63, 3.8) is 0 Å². The van der Waals surface area contributed by atoms with E-state index in [4.69, 9.17) is 0 Å². The van der Waals surface area contributed by atoms with Gasteiger partial charge in [-0.05, 0) is 60.1 Å². The minimum absolute atomic E-state index is 0. The summed E-state index contributed by atoms with van der Waals surface area (Å²) in [6, 6.07) is 9.80. The van der Waals surface area contributed by atoms with Crippen molar-refractivity contribution < 1.29 is 151 Å². The Morgan fingerprint density at radius 2 is 0.889 bits per heavy atom. The van der Waals surface area contributed by atoms with Crippen molar-refractivity contribution in [3.8, 4) is 23.0 Å². The second-order valence-corrected chi connectivity index (χ2v) is 6.01. The minimum atomic E-state index is -0.107. The number of hydrogen-bond donors (Lipinski definition) is 4. The molecule has 2 aromatic rings. The Balaban J connectivity index is -0.000000529. The zero-order chi connectivity index (χ0) is 16.3. The summed E-state index contributed by atoms with van der Waals surface area (Å²) < 4.78 is 0. The van der Waals surface area contributed by atoms with Gasteiger partial charge in [-0.2, -0.15) is 0 Å². The Labute approximate surface area is 263 Å². The largest absolute Gasteiger partial charge is 0.504 e. The molecule has 0 heterocycles. The molecule has 2 atom stereocenters. The van der Waals surface area contributed by atoms with Gasteiger partial charge in [-0.3, -0.25) is 0 Å². The molecule has 0 bridgehead atoms. The van der Waals surface area contributed by atoms with E-state index in [0.29, 0.717) is 11.8 Å². The second kappa shape index (κ2) is 17.7. The molecule has 0 fully saturated rings. The first-order valence-electron chi connectivity index (χ1n) is 7.38. The summed E-state index contributed by atoms with van der Waals surface area (Å²) in [5.74, 6) is 0.314. The third kappa shape index (κ3) is 11.9.